The molecule has 1 aliphatic heterocycles. The van der Waals surface area contributed by atoms with Crippen LogP contribution in [-0.4, -0.2) is 60.4 Å². The average molecular weight is 390 g/mol. The fourth-order valence-electron chi connectivity index (χ4n) is 2.90. The van der Waals surface area contributed by atoms with E-state index in [0.29, 0.717) is 11.9 Å². The number of aliphatic hydroxyl groups is 1. The lowest BCUT2D eigenvalue weighted by atomic mass is 9.95. The van der Waals surface area contributed by atoms with Crippen LogP contribution in [0.15, 0.2) is 36.4 Å². The van der Waals surface area contributed by atoms with Crippen LogP contribution in [0.1, 0.15) is 5.56 Å². The van der Waals surface area contributed by atoms with Gasteiger partial charge in [-0.3, -0.25) is 10.1 Å². The number of carbonyl (C=O) groups excluding carboxylic acids is 2. The van der Waals surface area contributed by atoms with E-state index in [2.05, 4.69) is 0 Å². The van der Waals surface area contributed by atoms with Crippen molar-refractivity contribution in [3.8, 4) is 0 Å². The van der Waals surface area contributed by atoms with Gasteiger partial charge in [-0.25, -0.2) is 9.59 Å². The van der Waals surface area contributed by atoms with Crippen LogP contribution < -0.4 is 0 Å². The number of nitro benzene ring substituents is 1. The highest BCUT2D eigenvalue weighted by Crippen LogP contribution is 2.40. The first-order valence-electron chi connectivity index (χ1n) is 8.33. The molecule has 0 spiro atoms. The summed E-state index contributed by atoms with van der Waals surface area (Å²) in [6, 6.07) is 8.84. The second-order valence-corrected chi connectivity index (χ2v) is 6.44. The largest absolute Gasteiger partial charge is 0.420 e. The number of likely N-dealkylation sites (N-methyl/N-ethyl adjacent to an activating group) is 1. The third kappa shape index (κ3) is 3.52. The molecule has 28 heavy (non-hydrogen) atoms. The Balaban J connectivity index is 2.13. The molecule has 148 valence electrons. The number of nitro groups is 1. The van der Waals surface area contributed by atoms with E-state index >= 15 is 0 Å². The highest BCUT2D eigenvalue weighted by molar-refractivity contribution is 6.30. The number of benzene rings is 2. The van der Waals surface area contributed by atoms with Crippen LogP contribution in [0.2, 0.25) is 0 Å². The monoisotopic (exact) mass is 390 g/mol. The van der Waals surface area contributed by atoms with Crippen molar-refractivity contribution in [3.63, 3.8) is 0 Å². The van der Waals surface area contributed by atoms with E-state index in [-0.39, 0.29) is 23.2 Å². The number of esters is 2. The molecule has 2 aromatic carbocycles. The van der Waals surface area contributed by atoms with Gasteiger partial charge in [-0.1, -0.05) is 30.3 Å². The van der Waals surface area contributed by atoms with Crippen molar-refractivity contribution in [2.45, 2.75) is 12.1 Å². The normalized spacial score (nSPS) is 22.2. The summed E-state index contributed by atoms with van der Waals surface area (Å²) < 4.78 is 15.3. The highest BCUT2D eigenvalue weighted by atomic mass is 16.8. The highest BCUT2D eigenvalue weighted by Gasteiger charge is 2.54. The van der Waals surface area contributed by atoms with Gasteiger partial charge in [0.2, 0.25) is 0 Å². The lowest BCUT2D eigenvalue weighted by Gasteiger charge is -2.37. The van der Waals surface area contributed by atoms with Crippen molar-refractivity contribution in [2.75, 3.05) is 27.2 Å². The van der Waals surface area contributed by atoms with E-state index in [4.69, 9.17) is 14.2 Å². The van der Waals surface area contributed by atoms with Gasteiger partial charge in [0.15, 0.2) is 0 Å². The zero-order valence-corrected chi connectivity index (χ0v) is 15.2. The van der Waals surface area contributed by atoms with Crippen LogP contribution in [0.5, 0.6) is 0 Å². The number of carbonyl (C=O) groups is 2. The second kappa shape index (κ2) is 7.50. The maximum absolute atomic E-state index is 11.8. The van der Waals surface area contributed by atoms with E-state index in [1.807, 2.05) is 0 Å². The first kappa shape index (κ1) is 19.7. The zero-order valence-electron chi connectivity index (χ0n) is 15.2. The molecule has 0 aromatic heterocycles. The van der Waals surface area contributed by atoms with Crippen molar-refractivity contribution in [1.29, 1.82) is 0 Å². The molecule has 0 saturated carbocycles. The summed E-state index contributed by atoms with van der Waals surface area (Å²) in [5.74, 6) is -5.30. The van der Waals surface area contributed by atoms with Crippen molar-refractivity contribution < 1.29 is 33.8 Å². The zero-order chi connectivity index (χ0) is 20.5. The van der Waals surface area contributed by atoms with E-state index in [1.54, 1.807) is 31.1 Å². The fourth-order valence-corrected chi connectivity index (χ4v) is 2.90. The SMILES string of the molecule is CN(C)CCOC1OC(=O)C(=O)OC1(O)c1cccc2cccc([N+](=O)[O-])c12. The van der Waals surface area contributed by atoms with Gasteiger partial charge in [0, 0.05) is 18.2 Å². The predicted octanol–water partition coefficient (Wildman–Crippen LogP) is 0.897. The molecule has 1 aliphatic rings. The number of hydrogen-bond acceptors (Lipinski definition) is 9. The summed E-state index contributed by atoms with van der Waals surface area (Å²) in [4.78, 5) is 36.1. The van der Waals surface area contributed by atoms with Crippen LogP contribution in [0, 0.1) is 10.1 Å². The molecule has 0 bridgehead atoms. The van der Waals surface area contributed by atoms with Gasteiger partial charge < -0.3 is 24.2 Å². The quantitative estimate of drug-likeness (QED) is 0.331. The van der Waals surface area contributed by atoms with Gasteiger partial charge >= 0.3 is 17.7 Å². The molecule has 2 unspecified atom stereocenters. The Bertz CT molecular complexity index is 939. The molecule has 1 fully saturated rings. The lowest BCUT2D eigenvalue weighted by Crippen LogP contribution is -2.54. The minimum absolute atomic E-state index is 0.0394. The third-order valence-corrected chi connectivity index (χ3v) is 4.22. The fraction of sp³-hybridized carbons (Fsp3) is 0.333. The van der Waals surface area contributed by atoms with Gasteiger partial charge in [0.25, 0.3) is 12.0 Å². The summed E-state index contributed by atoms with van der Waals surface area (Å²) >= 11 is 0. The smallest absolute Gasteiger partial charge is 0.419 e. The van der Waals surface area contributed by atoms with Crippen molar-refractivity contribution in [3.05, 3.63) is 52.1 Å². The predicted molar refractivity (Wildman–Crippen MR) is 95.0 cm³/mol. The summed E-state index contributed by atoms with van der Waals surface area (Å²) in [5.41, 5.74) is -0.422. The molecule has 2 atom stereocenters. The lowest BCUT2D eigenvalue weighted by molar-refractivity contribution is -0.383. The topological polar surface area (TPSA) is 128 Å². The van der Waals surface area contributed by atoms with Crippen LogP contribution >= 0.6 is 0 Å². The Hall–Kier alpha value is -3.08. The second-order valence-electron chi connectivity index (χ2n) is 6.44. The van der Waals surface area contributed by atoms with E-state index < -0.39 is 28.9 Å². The summed E-state index contributed by atoms with van der Waals surface area (Å²) in [7, 11) is 3.58. The Morgan fingerprint density at radius 1 is 1.21 bits per heavy atom. The first-order chi connectivity index (χ1) is 13.2. The number of rotatable bonds is 6. The number of non-ortho nitro benzene ring substituents is 1. The molecular formula is C18H18N2O8. The van der Waals surface area contributed by atoms with Crippen LogP contribution in [0.4, 0.5) is 5.69 Å². The van der Waals surface area contributed by atoms with Crippen molar-refractivity contribution in [2.24, 2.45) is 0 Å². The Kier molecular flexibility index (Phi) is 5.27. The molecule has 10 heteroatoms. The molecule has 10 nitrogen and oxygen atoms in total. The maximum Gasteiger partial charge on any atom is 0.420 e. The molecule has 0 amide bonds. The van der Waals surface area contributed by atoms with Gasteiger partial charge in [0.1, 0.15) is 0 Å². The molecule has 1 N–H and O–H groups in total. The Labute approximate surface area is 159 Å². The van der Waals surface area contributed by atoms with E-state index in [0.717, 1.165) is 0 Å². The summed E-state index contributed by atoms with van der Waals surface area (Å²) in [6.07, 6.45) is -1.69. The standard InChI is InChI=1S/C18H18N2O8/c1-19(2)9-10-26-17-18(23,28-16(22)15(21)27-17)12-7-3-5-11-6-4-8-13(14(11)12)20(24)25/h3-8,17,23H,9-10H2,1-2H3. The molecule has 1 saturated heterocycles. The first-order valence-corrected chi connectivity index (χ1v) is 8.33. The average Bonchev–Trinajstić information content (AvgIpc) is 2.64. The minimum atomic E-state index is -2.55. The van der Waals surface area contributed by atoms with Crippen molar-refractivity contribution in [1.82, 2.24) is 4.90 Å². The number of hydrogen-bond donors (Lipinski definition) is 1. The van der Waals surface area contributed by atoms with Gasteiger partial charge in [0.05, 0.1) is 16.9 Å². The van der Waals surface area contributed by atoms with Crippen LogP contribution in [-0.2, 0) is 29.6 Å². The molecule has 0 radical (unpaired) electrons. The van der Waals surface area contributed by atoms with Gasteiger partial charge in [-0.05, 0) is 19.5 Å². The molecular weight excluding hydrogens is 372 g/mol. The van der Waals surface area contributed by atoms with Gasteiger partial charge in [-0.15, -0.1) is 0 Å². The molecule has 3 rings (SSSR count). The molecule has 2 aromatic rings. The number of nitrogens with zero attached hydrogens (tertiary/aromatic N) is 2. The van der Waals surface area contributed by atoms with Crippen molar-refractivity contribution >= 4 is 28.4 Å². The summed E-state index contributed by atoms with van der Waals surface area (Å²) in [6.45, 7) is 0.464. The van der Waals surface area contributed by atoms with Crippen LogP contribution in [0.3, 0.4) is 0 Å². The summed E-state index contributed by atoms with van der Waals surface area (Å²) in [5, 5.41) is 23.1. The van der Waals surface area contributed by atoms with E-state index in [9.17, 15) is 24.8 Å². The molecule has 1 heterocycles. The maximum atomic E-state index is 11.8. The number of fused-ring (bicyclic) bond motifs is 1. The Morgan fingerprint density at radius 2 is 1.89 bits per heavy atom. The molecule has 0 aliphatic carbocycles. The van der Waals surface area contributed by atoms with Crippen LogP contribution in [0.25, 0.3) is 10.8 Å². The van der Waals surface area contributed by atoms with E-state index in [1.165, 1.54) is 24.3 Å². The number of cyclic esters (lactones) is 2. The third-order valence-electron chi connectivity index (χ3n) is 4.22. The Morgan fingerprint density at radius 3 is 2.54 bits per heavy atom. The van der Waals surface area contributed by atoms with Gasteiger partial charge in [-0.2, -0.15) is 0 Å². The number of ether oxygens (including phenoxy) is 3. The minimum Gasteiger partial charge on any atom is -0.419 e.